The number of hydrogen-bond acceptors (Lipinski definition) is 3. The van der Waals surface area contributed by atoms with Crippen molar-refractivity contribution in [3.63, 3.8) is 0 Å². The number of halogens is 1. The Morgan fingerprint density at radius 1 is 1.67 bits per heavy atom. The van der Waals surface area contributed by atoms with E-state index in [1.54, 1.807) is 17.0 Å². The summed E-state index contributed by atoms with van der Waals surface area (Å²) in [5, 5.41) is 8.97. The van der Waals surface area contributed by atoms with Gasteiger partial charge >= 0.3 is 0 Å². The molecule has 1 amide bonds. The van der Waals surface area contributed by atoms with E-state index in [2.05, 4.69) is 15.9 Å². The summed E-state index contributed by atoms with van der Waals surface area (Å²) in [6.45, 7) is 1.46. The van der Waals surface area contributed by atoms with Crippen LogP contribution in [0, 0.1) is 5.92 Å². The van der Waals surface area contributed by atoms with Crippen LogP contribution < -0.4 is 0 Å². The van der Waals surface area contributed by atoms with Gasteiger partial charge in [-0.05, 0) is 34.5 Å². The number of aliphatic hydroxyl groups excluding tert-OH is 1. The minimum atomic E-state index is -0.100. The summed E-state index contributed by atoms with van der Waals surface area (Å²) in [4.78, 5) is 13.6. The molecule has 1 saturated heterocycles. The normalized spacial score (nSPS) is 20.9. The molecule has 1 unspecified atom stereocenters. The van der Waals surface area contributed by atoms with Gasteiger partial charge in [-0.3, -0.25) is 4.79 Å². The van der Waals surface area contributed by atoms with Crippen molar-refractivity contribution in [1.82, 2.24) is 4.90 Å². The molecule has 5 heteroatoms. The number of aliphatic hydroxyl groups is 1. The summed E-state index contributed by atoms with van der Waals surface area (Å²) >= 11 is 3.16. The van der Waals surface area contributed by atoms with Crippen LogP contribution in [0.2, 0.25) is 0 Å². The van der Waals surface area contributed by atoms with Gasteiger partial charge < -0.3 is 14.4 Å². The van der Waals surface area contributed by atoms with Gasteiger partial charge in [0.15, 0.2) is 10.4 Å². The maximum atomic E-state index is 11.9. The fourth-order valence-corrected chi connectivity index (χ4v) is 2.06. The van der Waals surface area contributed by atoms with Gasteiger partial charge in [-0.25, -0.2) is 0 Å². The molecule has 2 heterocycles. The van der Waals surface area contributed by atoms with E-state index in [4.69, 9.17) is 9.52 Å². The molecule has 0 spiro atoms. The van der Waals surface area contributed by atoms with Gasteiger partial charge in [-0.2, -0.15) is 0 Å². The highest BCUT2D eigenvalue weighted by molar-refractivity contribution is 9.10. The average molecular weight is 274 g/mol. The van der Waals surface area contributed by atoms with E-state index in [1.165, 1.54) is 0 Å². The largest absolute Gasteiger partial charge is 0.444 e. The Bertz CT molecular complexity index is 363. The lowest BCUT2D eigenvalue weighted by Crippen LogP contribution is -2.28. The second-order valence-electron chi connectivity index (χ2n) is 3.69. The first-order valence-electron chi connectivity index (χ1n) is 4.86. The molecular formula is C10H12BrNO3. The Morgan fingerprint density at radius 3 is 3.00 bits per heavy atom. The summed E-state index contributed by atoms with van der Waals surface area (Å²) in [5.74, 6) is 0.462. The zero-order valence-electron chi connectivity index (χ0n) is 8.15. The molecule has 0 saturated carbocycles. The van der Waals surface area contributed by atoms with E-state index >= 15 is 0 Å². The minimum absolute atomic E-state index is 0.100. The Hall–Kier alpha value is -0.810. The van der Waals surface area contributed by atoms with Crippen molar-refractivity contribution in [2.75, 3.05) is 19.7 Å². The van der Waals surface area contributed by atoms with Gasteiger partial charge in [0.2, 0.25) is 0 Å². The van der Waals surface area contributed by atoms with Gasteiger partial charge in [0.1, 0.15) is 0 Å². The topological polar surface area (TPSA) is 53.7 Å². The molecule has 0 radical (unpaired) electrons. The molecule has 1 aliphatic heterocycles. The summed E-state index contributed by atoms with van der Waals surface area (Å²) in [5.41, 5.74) is 0. The molecule has 1 fully saturated rings. The molecule has 0 aromatic carbocycles. The Labute approximate surface area is 96.0 Å². The summed E-state index contributed by atoms with van der Waals surface area (Å²) in [7, 11) is 0. The van der Waals surface area contributed by atoms with Gasteiger partial charge in [-0.15, -0.1) is 0 Å². The van der Waals surface area contributed by atoms with E-state index in [1.807, 2.05) is 0 Å². The van der Waals surface area contributed by atoms with Gasteiger partial charge in [-0.1, -0.05) is 0 Å². The van der Waals surface area contributed by atoms with Crippen molar-refractivity contribution in [3.05, 3.63) is 22.6 Å². The monoisotopic (exact) mass is 273 g/mol. The first-order chi connectivity index (χ1) is 7.20. The number of carbonyl (C=O) groups excluding carboxylic acids is 1. The molecule has 82 valence electrons. The van der Waals surface area contributed by atoms with Crippen molar-refractivity contribution >= 4 is 21.8 Å². The number of hydrogen-bond donors (Lipinski definition) is 1. The van der Waals surface area contributed by atoms with Crippen LogP contribution in [0.1, 0.15) is 17.0 Å². The highest BCUT2D eigenvalue weighted by Gasteiger charge is 2.27. The lowest BCUT2D eigenvalue weighted by Gasteiger charge is -2.13. The van der Waals surface area contributed by atoms with Crippen molar-refractivity contribution in [1.29, 1.82) is 0 Å². The van der Waals surface area contributed by atoms with Crippen molar-refractivity contribution in [3.8, 4) is 0 Å². The molecule has 15 heavy (non-hydrogen) atoms. The van der Waals surface area contributed by atoms with Crippen LogP contribution in [0.3, 0.4) is 0 Å². The van der Waals surface area contributed by atoms with Crippen molar-refractivity contribution in [2.45, 2.75) is 6.42 Å². The van der Waals surface area contributed by atoms with Crippen LogP contribution in [-0.4, -0.2) is 35.6 Å². The smallest absolute Gasteiger partial charge is 0.289 e. The van der Waals surface area contributed by atoms with Crippen LogP contribution in [0.15, 0.2) is 21.2 Å². The number of likely N-dealkylation sites (tertiary alicyclic amines) is 1. The molecule has 0 bridgehead atoms. The van der Waals surface area contributed by atoms with E-state index in [-0.39, 0.29) is 18.4 Å². The van der Waals surface area contributed by atoms with Crippen LogP contribution in [-0.2, 0) is 0 Å². The number of amides is 1. The number of nitrogens with zero attached hydrogens (tertiary/aromatic N) is 1. The second kappa shape index (κ2) is 4.37. The standard InChI is InChI=1S/C10H12BrNO3/c11-9-2-1-8(15-9)10(14)12-4-3-7(5-12)6-13/h1-2,7,13H,3-6H2. The third-order valence-electron chi connectivity index (χ3n) is 2.62. The third-order valence-corrected chi connectivity index (χ3v) is 3.04. The molecule has 4 nitrogen and oxygen atoms in total. The summed E-state index contributed by atoms with van der Waals surface area (Å²) in [6, 6.07) is 3.35. The first kappa shape index (κ1) is 10.7. The number of rotatable bonds is 2. The van der Waals surface area contributed by atoms with Crippen LogP contribution in [0.25, 0.3) is 0 Å². The Kier molecular flexibility index (Phi) is 3.11. The highest BCUT2D eigenvalue weighted by atomic mass is 79.9. The lowest BCUT2D eigenvalue weighted by atomic mass is 10.1. The van der Waals surface area contributed by atoms with E-state index < -0.39 is 0 Å². The van der Waals surface area contributed by atoms with Gasteiger partial charge in [0.25, 0.3) is 5.91 Å². The van der Waals surface area contributed by atoms with E-state index in [0.29, 0.717) is 23.5 Å². The fraction of sp³-hybridized carbons (Fsp3) is 0.500. The molecule has 1 aromatic heterocycles. The maximum absolute atomic E-state index is 11.9. The summed E-state index contributed by atoms with van der Waals surface area (Å²) in [6.07, 6.45) is 0.865. The Morgan fingerprint density at radius 2 is 2.47 bits per heavy atom. The first-order valence-corrected chi connectivity index (χ1v) is 5.65. The molecule has 1 aromatic rings. The predicted octanol–water partition coefficient (Wildman–Crippen LogP) is 1.50. The molecule has 1 N–H and O–H groups in total. The van der Waals surface area contributed by atoms with Crippen molar-refractivity contribution < 1.29 is 14.3 Å². The third kappa shape index (κ3) is 2.23. The summed E-state index contributed by atoms with van der Waals surface area (Å²) < 4.78 is 5.75. The molecular weight excluding hydrogens is 262 g/mol. The minimum Gasteiger partial charge on any atom is -0.444 e. The number of furan rings is 1. The predicted molar refractivity (Wildman–Crippen MR) is 57.5 cm³/mol. The molecule has 1 atom stereocenters. The highest BCUT2D eigenvalue weighted by Crippen LogP contribution is 2.20. The second-order valence-corrected chi connectivity index (χ2v) is 4.47. The van der Waals surface area contributed by atoms with Crippen LogP contribution >= 0.6 is 15.9 Å². The average Bonchev–Trinajstić information content (AvgIpc) is 2.84. The zero-order chi connectivity index (χ0) is 10.8. The van der Waals surface area contributed by atoms with Crippen LogP contribution in [0.4, 0.5) is 0 Å². The lowest BCUT2D eigenvalue weighted by molar-refractivity contribution is 0.0749. The van der Waals surface area contributed by atoms with Gasteiger partial charge in [0, 0.05) is 25.6 Å². The Balaban J connectivity index is 2.03. The van der Waals surface area contributed by atoms with E-state index in [9.17, 15) is 4.79 Å². The maximum Gasteiger partial charge on any atom is 0.289 e. The molecule has 2 rings (SSSR count). The SMILES string of the molecule is O=C(c1ccc(Br)o1)N1CCC(CO)C1. The van der Waals surface area contributed by atoms with Crippen LogP contribution in [0.5, 0.6) is 0 Å². The van der Waals surface area contributed by atoms with E-state index in [0.717, 1.165) is 6.42 Å². The quantitative estimate of drug-likeness (QED) is 0.889. The zero-order valence-corrected chi connectivity index (χ0v) is 9.74. The molecule has 1 aliphatic rings. The number of carbonyl (C=O) groups is 1. The molecule has 0 aliphatic carbocycles. The van der Waals surface area contributed by atoms with Crippen molar-refractivity contribution in [2.24, 2.45) is 5.92 Å². The fourth-order valence-electron chi connectivity index (χ4n) is 1.75. The van der Waals surface area contributed by atoms with Gasteiger partial charge in [0.05, 0.1) is 0 Å².